The lowest BCUT2D eigenvalue weighted by atomic mass is 10.2. The third-order valence-corrected chi connectivity index (χ3v) is 5.78. The summed E-state index contributed by atoms with van der Waals surface area (Å²) in [5.41, 5.74) is 1.62. The zero-order valence-electron chi connectivity index (χ0n) is 18.4. The Morgan fingerprint density at radius 1 is 0.939 bits per heavy atom. The van der Waals surface area contributed by atoms with E-state index >= 15 is 0 Å². The summed E-state index contributed by atoms with van der Waals surface area (Å²) in [4.78, 5) is 12.5. The zero-order valence-corrected chi connectivity index (χ0v) is 19.2. The Hall–Kier alpha value is -3.78. The Balaban J connectivity index is 1.35. The lowest BCUT2D eigenvalue weighted by molar-refractivity contribution is -0.113. The van der Waals surface area contributed by atoms with Gasteiger partial charge in [0.25, 0.3) is 0 Å². The fraction of sp³-hybridized carbons (Fsp3) is 0.160. The second-order valence-electron chi connectivity index (χ2n) is 7.06. The molecule has 1 heterocycles. The van der Waals surface area contributed by atoms with Crippen LogP contribution in [0.1, 0.15) is 6.92 Å². The van der Waals surface area contributed by atoms with Gasteiger partial charge in [0.15, 0.2) is 11.0 Å². The van der Waals surface area contributed by atoms with Crippen molar-refractivity contribution in [2.45, 2.75) is 18.6 Å². The number of methoxy groups -OCH3 is 1. The van der Waals surface area contributed by atoms with Crippen molar-refractivity contribution < 1.29 is 14.3 Å². The molecule has 0 aliphatic heterocycles. The lowest BCUT2D eigenvalue weighted by Crippen LogP contribution is -2.14. The van der Waals surface area contributed by atoms with Gasteiger partial charge in [-0.2, -0.15) is 0 Å². The average molecular weight is 461 g/mol. The monoisotopic (exact) mass is 460 g/mol. The molecule has 33 heavy (non-hydrogen) atoms. The molecule has 7 nitrogen and oxygen atoms in total. The molecule has 0 aliphatic rings. The summed E-state index contributed by atoms with van der Waals surface area (Å²) in [5.74, 6) is 3.07. The molecule has 0 bridgehead atoms. The third-order valence-electron chi connectivity index (χ3n) is 4.81. The molecule has 0 saturated heterocycles. The van der Waals surface area contributed by atoms with E-state index in [0.717, 1.165) is 22.9 Å². The molecule has 1 N–H and O–H groups in total. The van der Waals surface area contributed by atoms with E-state index in [-0.39, 0.29) is 11.7 Å². The largest absolute Gasteiger partial charge is 0.497 e. The van der Waals surface area contributed by atoms with Crippen LogP contribution >= 0.6 is 11.8 Å². The molecule has 4 rings (SSSR count). The Morgan fingerprint density at radius 3 is 2.39 bits per heavy atom. The molecular formula is C25H24N4O3S. The second kappa shape index (κ2) is 10.7. The molecule has 1 amide bonds. The maximum Gasteiger partial charge on any atom is 0.234 e. The van der Waals surface area contributed by atoms with E-state index in [1.165, 1.54) is 11.8 Å². The highest BCUT2D eigenvalue weighted by atomic mass is 32.2. The second-order valence-corrected chi connectivity index (χ2v) is 8.00. The lowest BCUT2D eigenvalue weighted by Gasteiger charge is -2.09. The van der Waals surface area contributed by atoms with Gasteiger partial charge in [0.05, 0.1) is 12.9 Å². The van der Waals surface area contributed by atoms with Crippen molar-refractivity contribution in [1.82, 2.24) is 14.8 Å². The zero-order chi connectivity index (χ0) is 23.0. The quantitative estimate of drug-likeness (QED) is 0.333. The molecule has 4 aromatic rings. The van der Waals surface area contributed by atoms with Gasteiger partial charge in [-0.15, -0.1) is 10.2 Å². The molecule has 0 radical (unpaired) electrons. The number of hydrogen-bond donors (Lipinski definition) is 1. The number of carbonyl (C=O) groups is 1. The third kappa shape index (κ3) is 5.72. The first kappa shape index (κ1) is 22.4. The van der Waals surface area contributed by atoms with Gasteiger partial charge in [0.1, 0.15) is 17.2 Å². The van der Waals surface area contributed by atoms with Crippen LogP contribution in [0, 0.1) is 0 Å². The van der Waals surface area contributed by atoms with E-state index < -0.39 is 0 Å². The summed E-state index contributed by atoms with van der Waals surface area (Å²) < 4.78 is 13.1. The summed E-state index contributed by atoms with van der Waals surface area (Å²) in [7, 11) is 1.63. The van der Waals surface area contributed by atoms with Gasteiger partial charge in [0.2, 0.25) is 5.91 Å². The van der Waals surface area contributed by atoms with Crippen LogP contribution in [0.25, 0.3) is 11.4 Å². The van der Waals surface area contributed by atoms with Gasteiger partial charge in [-0.1, -0.05) is 42.1 Å². The van der Waals surface area contributed by atoms with Gasteiger partial charge in [-0.25, -0.2) is 0 Å². The predicted octanol–water partition coefficient (Wildman–Crippen LogP) is 5.50. The Labute approximate surface area is 196 Å². The van der Waals surface area contributed by atoms with E-state index in [1.807, 2.05) is 90.4 Å². The number of amides is 1. The number of rotatable bonds is 9. The minimum Gasteiger partial charge on any atom is -0.497 e. The van der Waals surface area contributed by atoms with Crippen LogP contribution in [0.15, 0.2) is 84.0 Å². The molecule has 0 atom stereocenters. The number of para-hydroxylation sites is 1. The van der Waals surface area contributed by atoms with Crippen LogP contribution in [0.5, 0.6) is 17.2 Å². The van der Waals surface area contributed by atoms with E-state index in [2.05, 4.69) is 15.5 Å². The number of nitrogens with zero attached hydrogens (tertiary/aromatic N) is 3. The van der Waals surface area contributed by atoms with Crippen molar-refractivity contribution in [3.63, 3.8) is 0 Å². The standard InChI is InChI=1S/C25H24N4O3S/c1-3-29-24(18-8-7-11-22(16-18)31-2)27-28-25(29)33-17-23(30)26-19-12-14-21(15-13-19)32-20-9-5-4-6-10-20/h4-16H,3,17H2,1-2H3,(H,26,30). The SMILES string of the molecule is CCn1c(SCC(=O)Nc2ccc(Oc3ccccc3)cc2)nnc1-c1cccc(OC)c1. The predicted molar refractivity (Wildman–Crippen MR) is 130 cm³/mol. The molecule has 168 valence electrons. The molecular weight excluding hydrogens is 436 g/mol. The number of ether oxygens (including phenoxy) is 2. The maximum absolute atomic E-state index is 12.5. The number of benzene rings is 3. The van der Waals surface area contributed by atoms with Gasteiger partial charge in [0, 0.05) is 17.8 Å². The molecule has 8 heteroatoms. The molecule has 0 fully saturated rings. The summed E-state index contributed by atoms with van der Waals surface area (Å²) in [6, 6.07) is 24.5. The normalized spacial score (nSPS) is 10.6. The topological polar surface area (TPSA) is 78.3 Å². The molecule has 0 spiro atoms. The van der Waals surface area contributed by atoms with Crippen molar-refractivity contribution in [1.29, 1.82) is 0 Å². The highest BCUT2D eigenvalue weighted by Gasteiger charge is 2.15. The van der Waals surface area contributed by atoms with Gasteiger partial charge in [-0.3, -0.25) is 4.79 Å². The highest BCUT2D eigenvalue weighted by molar-refractivity contribution is 7.99. The van der Waals surface area contributed by atoms with Crippen LogP contribution in [0.2, 0.25) is 0 Å². The maximum atomic E-state index is 12.5. The molecule has 0 unspecified atom stereocenters. The number of hydrogen-bond acceptors (Lipinski definition) is 6. The van der Waals surface area contributed by atoms with E-state index in [4.69, 9.17) is 9.47 Å². The van der Waals surface area contributed by atoms with Gasteiger partial charge in [-0.05, 0) is 55.5 Å². The van der Waals surface area contributed by atoms with Crippen LogP contribution in [0.4, 0.5) is 5.69 Å². The van der Waals surface area contributed by atoms with Crippen molar-refractivity contribution in [3.8, 4) is 28.6 Å². The van der Waals surface area contributed by atoms with Crippen molar-refractivity contribution >= 4 is 23.4 Å². The first-order valence-corrected chi connectivity index (χ1v) is 11.5. The molecule has 1 aromatic heterocycles. The van der Waals surface area contributed by atoms with E-state index in [1.54, 1.807) is 7.11 Å². The van der Waals surface area contributed by atoms with Crippen LogP contribution < -0.4 is 14.8 Å². The Bertz CT molecular complexity index is 1210. The van der Waals surface area contributed by atoms with Crippen molar-refractivity contribution in [2.75, 3.05) is 18.2 Å². The first-order chi connectivity index (χ1) is 16.2. The summed E-state index contributed by atoms with van der Waals surface area (Å²) in [6.45, 7) is 2.71. The Kier molecular flexibility index (Phi) is 7.26. The smallest absolute Gasteiger partial charge is 0.234 e. The summed E-state index contributed by atoms with van der Waals surface area (Å²) in [6.07, 6.45) is 0. The molecule has 0 saturated carbocycles. The first-order valence-electron chi connectivity index (χ1n) is 10.5. The fourth-order valence-electron chi connectivity index (χ4n) is 3.21. The van der Waals surface area contributed by atoms with Gasteiger partial charge >= 0.3 is 0 Å². The number of aromatic nitrogens is 3. The molecule has 3 aromatic carbocycles. The fourth-order valence-corrected chi connectivity index (χ4v) is 4.02. The number of carbonyl (C=O) groups excluding carboxylic acids is 1. The number of anilines is 1. The minimum absolute atomic E-state index is 0.120. The van der Waals surface area contributed by atoms with E-state index in [0.29, 0.717) is 23.1 Å². The highest BCUT2D eigenvalue weighted by Crippen LogP contribution is 2.27. The number of nitrogens with one attached hydrogen (secondary N) is 1. The Morgan fingerprint density at radius 2 is 1.67 bits per heavy atom. The minimum atomic E-state index is -0.120. The molecule has 0 aliphatic carbocycles. The summed E-state index contributed by atoms with van der Waals surface area (Å²) in [5, 5.41) is 12.2. The average Bonchev–Trinajstić information content (AvgIpc) is 3.27. The van der Waals surface area contributed by atoms with Crippen molar-refractivity contribution in [3.05, 3.63) is 78.9 Å². The van der Waals surface area contributed by atoms with Crippen LogP contribution in [-0.4, -0.2) is 33.5 Å². The van der Waals surface area contributed by atoms with E-state index in [9.17, 15) is 4.79 Å². The summed E-state index contributed by atoms with van der Waals surface area (Å²) >= 11 is 1.35. The van der Waals surface area contributed by atoms with Crippen LogP contribution in [-0.2, 0) is 11.3 Å². The van der Waals surface area contributed by atoms with Crippen LogP contribution in [0.3, 0.4) is 0 Å². The number of thioether (sulfide) groups is 1. The van der Waals surface area contributed by atoms with Crippen molar-refractivity contribution in [2.24, 2.45) is 0 Å². The van der Waals surface area contributed by atoms with Gasteiger partial charge < -0.3 is 19.4 Å².